The Morgan fingerprint density at radius 2 is 2.06 bits per heavy atom. The summed E-state index contributed by atoms with van der Waals surface area (Å²) in [5.74, 6) is 0. The molecule has 0 aromatic heterocycles. The summed E-state index contributed by atoms with van der Waals surface area (Å²) in [7, 11) is 2.25. The van der Waals surface area contributed by atoms with E-state index in [1.807, 2.05) is 0 Å². The van der Waals surface area contributed by atoms with Crippen molar-refractivity contribution in [2.24, 2.45) is 5.41 Å². The van der Waals surface area contributed by atoms with E-state index in [2.05, 4.69) is 54.5 Å². The molecule has 0 spiro atoms. The van der Waals surface area contributed by atoms with Gasteiger partial charge in [0.15, 0.2) is 0 Å². The SMILES string of the molecule is CCCC1(CN(C)Cc2ccccc2)CCNC1. The maximum atomic E-state index is 3.54. The van der Waals surface area contributed by atoms with Crippen LogP contribution in [0.15, 0.2) is 30.3 Å². The van der Waals surface area contributed by atoms with Crippen molar-refractivity contribution < 1.29 is 0 Å². The molecule has 1 aliphatic rings. The van der Waals surface area contributed by atoms with Crippen LogP contribution in [0.5, 0.6) is 0 Å². The van der Waals surface area contributed by atoms with Gasteiger partial charge in [0, 0.05) is 19.6 Å². The van der Waals surface area contributed by atoms with Crippen LogP contribution in [0, 0.1) is 5.41 Å². The van der Waals surface area contributed by atoms with E-state index in [1.165, 1.54) is 44.5 Å². The highest BCUT2D eigenvalue weighted by Crippen LogP contribution is 2.32. The summed E-state index contributed by atoms with van der Waals surface area (Å²) in [6.45, 7) is 6.96. The first kappa shape index (κ1) is 13.6. The largest absolute Gasteiger partial charge is 0.316 e. The predicted octanol–water partition coefficient (Wildman–Crippen LogP) is 2.90. The Hall–Kier alpha value is -0.860. The quantitative estimate of drug-likeness (QED) is 0.830. The van der Waals surface area contributed by atoms with Gasteiger partial charge < -0.3 is 10.2 Å². The van der Waals surface area contributed by atoms with Gasteiger partial charge >= 0.3 is 0 Å². The normalized spacial score (nSPS) is 23.7. The molecule has 1 saturated heterocycles. The fourth-order valence-corrected chi connectivity index (χ4v) is 3.28. The molecule has 18 heavy (non-hydrogen) atoms. The van der Waals surface area contributed by atoms with Gasteiger partial charge in [-0.1, -0.05) is 43.7 Å². The second-order valence-corrected chi connectivity index (χ2v) is 5.83. The molecule has 1 aliphatic heterocycles. The van der Waals surface area contributed by atoms with Gasteiger partial charge in [0.25, 0.3) is 0 Å². The summed E-state index contributed by atoms with van der Waals surface area (Å²) in [4.78, 5) is 2.48. The summed E-state index contributed by atoms with van der Waals surface area (Å²) in [6.07, 6.45) is 3.97. The van der Waals surface area contributed by atoms with Crippen LogP contribution < -0.4 is 5.32 Å². The molecule has 1 N–H and O–H groups in total. The zero-order valence-electron chi connectivity index (χ0n) is 11.8. The molecule has 0 aliphatic carbocycles. The van der Waals surface area contributed by atoms with Gasteiger partial charge in [0.05, 0.1) is 0 Å². The molecule has 0 amide bonds. The van der Waals surface area contributed by atoms with Crippen LogP contribution in [0.3, 0.4) is 0 Å². The first-order valence-corrected chi connectivity index (χ1v) is 7.17. The van der Waals surface area contributed by atoms with Crippen molar-refractivity contribution in [3.05, 3.63) is 35.9 Å². The van der Waals surface area contributed by atoms with Gasteiger partial charge in [-0.2, -0.15) is 0 Å². The average molecular weight is 246 g/mol. The number of nitrogens with zero attached hydrogens (tertiary/aromatic N) is 1. The summed E-state index contributed by atoms with van der Waals surface area (Å²) in [6, 6.07) is 10.8. The minimum atomic E-state index is 0.512. The Morgan fingerprint density at radius 1 is 1.28 bits per heavy atom. The number of hydrogen-bond donors (Lipinski definition) is 1. The van der Waals surface area contributed by atoms with Crippen molar-refractivity contribution in [1.82, 2.24) is 10.2 Å². The Labute approximate surface area is 111 Å². The fraction of sp³-hybridized carbons (Fsp3) is 0.625. The van der Waals surface area contributed by atoms with Gasteiger partial charge in [-0.15, -0.1) is 0 Å². The first-order chi connectivity index (χ1) is 8.74. The van der Waals surface area contributed by atoms with E-state index in [4.69, 9.17) is 0 Å². The predicted molar refractivity (Wildman–Crippen MR) is 77.6 cm³/mol. The Morgan fingerprint density at radius 3 is 2.67 bits per heavy atom. The summed E-state index contributed by atoms with van der Waals surface area (Å²) in [5, 5.41) is 3.54. The van der Waals surface area contributed by atoms with Crippen molar-refractivity contribution in [3.63, 3.8) is 0 Å². The van der Waals surface area contributed by atoms with Gasteiger partial charge in [-0.25, -0.2) is 0 Å². The van der Waals surface area contributed by atoms with E-state index >= 15 is 0 Å². The Balaban J connectivity index is 1.91. The first-order valence-electron chi connectivity index (χ1n) is 7.17. The van der Waals surface area contributed by atoms with E-state index in [0.717, 1.165) is 6.54 Å². The zero-order valence-corrected chi connectivity index (χ0v) is 11.8. The molecule has 1 heterocycles. The van der Waals surface area contributed by atoms with Gasteiger partial charge in [-0.05, 0) is 37.4 Å². The van der Waals surface area contributed by atoms with Crippen molar-refractivity contribution in [2.45, 2.75) is 32.7 Å². The summed E-state index contributed by atoms with van der Waals surface area (Å²) < 4.78 is 0. The average Bonchev–Trinajstić information content (AvgIpc) is 2.79. The minimum absolute atomic E-state index is 0.512. The molecular weight excluding hydrogens is 220 g/mol. The topological polar surface area (TPSA) is 15.3 Å². The molecule has 2 rings (SSSR count). The highest BCUT2D eigenvalue weighted by Gasteiger charge is 2.33. The van der Waals surface area contributed by atoms with Crippen molar-refractivity contribution in [2.75, 3.05) is 26.7 Å². The number of hydrogen-bond acceptors (Lipinski definition) is 2. The molecule has 1 fully saturated rings. The van der Waals surface area contributed by atoms with Gasteiger partial charge in [-0.3, -0.25) is 0 Å². The molecule has 1 aromatic rings. The Bertz CT molecular complexity index is 341. The fourth-order valence-electron chi connectivity index (χ4n) is 3.28. The van der Waals surface area contributed by atoms with Crippen LogP contribution >= 0.6 is 0 Å². The molecule has 1 atom stereocenters. The van der Waals surface area contributed by atoms with Crippen LogP contribution in [0.4, 0.5) is 0 Å². The van der Waals surface area contributed by atoms with Crippen molar-refractivity contribution in [1.29, 1.82) is 0 Å². The van der Waals surface area contributed by atoms with E-state index in [0.29, 0.717) is 5.41 Å². The zero-order chi connectivity index (χ0) is 12.8. The summed E-state index contributed by atoms with van der Waals surface area (Å²) >= 11 is 0. The lowest BCUT2D eigenvalue weighted by molar-refractivity contribution is 0.172. The van der Waals surface area contributed by atoms with E-state index in [-0.39, 0.29) is 0 Å². The lowest BCUT2D eigenvalue weighted by Crippen LogP contribution is -2.37. The second-order valence-electron chi connectivity index (χ2n) is 5.83. The smallest absolute Gasteiger partial charge is 0.0230 e. The van der Waals surface area contributed by atoms with E-state index < -0.39 is 0 Å². The van der Waals surface area contributed by atoms with Crippen LogP contribution in [-0.2, 0) is 6.54 Å². The highest BCUT2D eigenvalue weighted by atomic mass is 15.1. The number of benzene rings is 1. The lowest BCUT2D eigenvalue weighted by atomic mass is 9.82. The number of rotatable bonds is 6. The maximum Gasteiger partial charge on any atom is 0.0230 e. The molecule has 100 valence electrons. The van der Waals surface area contributed by atoms with Crippen molar-refractivity contribution in [3.8, 4) is 0 Å². The molecule has 0 saturated carbocycles. The molecule has 2 nitrogen and oxygen atoms in total. The highest BCUT2D eigenvalue weighted by molar-refractivity contribution is 5.14. The summed E-state index contributed by atoms with van der Waals surface area (Å²) in [5.41, 5.74) is 1.93. The van der Waals surface area contributed by atoms with E-state index in [9.17, 15) is 0 Å². The van der Waals surface area contributed by atoms with Gasteiger partial charge in [0.2, 0.25) is 0 Å². The number of nitrogens with one attached hydrogen (secondary N) is 1. The standard InChI is InChI=1S/C16H26N2/c1-3-9-16(10-11-17-13-16)14-18(2)12-15-7-5-4-6-8-15/h4-8,17H,3,9-14H2,1-2H3. The maximum absolute atomic E-state index is 3.54. The molecular formula is C16H26N2. The van der Waals surface area contributed by atoms with E-state index in [1.54, 1.807) is 0 Å². The third-order valence-corrected chi connectivity index (χ3v) is 4.01. The molecule has 1 aromatic carbocycles. The Kier molecular flexibility index (Phi) is 4.79. The van der Waals surface area contributed by atoms with Crippen LogP contribution in [0.25, 0.3) is 0 Å². The van der Waals surface area contributed by atoms with Crippen LogP contribution in [-0.4, -0.2) is 31.6 Å². The minimum Gasteiger partial charge on any atom is -0.316 e. The van der Waals surface area contributed by atoms with Gasteiger partial charge in [0.1, 0.15) is 0 Å². The second kappa shape index (κ2) is 6.35. The third-order valence-electron chi connectivity index (χ3n) is 4.01. The van der Waals surface area contributed by atoms with Crippen LogP contribution in [0.1, 0.15) is 31.7 Å². The molecule has 0 bridgehead atoms. The third kappa shape index (κ3) is 3.56. The molecule has 1 unspecified atom stereocenters. The molecule has 0 radical (unpaired) electrons. The van der Waals surface area contributed by atoms with Crippen molar-refractivity contribution >= 4 is 0 Å². The monoisotopic (exact) mass is 246 g/mol. The lowest BCUT2D eigenvalue weighted by Gasteiger charge is -2.33. The van der Waals surface area contributed by atoms with Crippen LogP contribution in [0.2, 0.25) is 0 Å². The molecule has 2 heteroatoms.